The molecule has 1 saturated heterocycles. The van der Waals surface area contributed by atoms with E-state index in [2.05, 4.69) is 10.2 Å². The molecule has 1 aromatic carbocycles. The number of amides is 2. The quantitative estimate of drug-likeness (QED) is 0.449. The van der Waals surface area contributed by atoms with E-state index in [9.17, 15) is 14.7 Å². The Kier molecular flexibility index (Phi) is 7.63. The molecule has 1 heterocycles. The number of ether oxygens (including phenoxy) is 1. The first kappa shape index (κ1) is 19.9. The number of morpholine rings is 1. The first-order chi connectivity index (χ1) is 11.0. The van der Waals surface area contributed by atoms with Gasteiger partial charge in [-0.3, -0.25) is 14.8 Å². The van der Waals surface area contributed by atoms with Crippen LogP contribution in [0.1, 0.15) is 24.7 Å². The highest BCUT2D eigenvalue weighted by molar-refractivity contribution is 5.97. The van der Waals surface area contributed by atoms with Gasteiger partial charge in [0.15, 0.2) is 0 Å². The van der Waals surface area contributed by atoms with Crippen LogP contribution in [-0.4, -0.2) is 60.6 Å². The fourth-order valence-electron chi connectivity index (χ4n) is 2.34. The number of nitrogens with one attached hydrogen (secondary N) is 2. The largest absolute Gasteiger partial charge is 0.391 e. The summed E-state index contributed by atoms with van der Waals surface area (Å²) < 4.78 is 5.29. The molecule has 1 aliphatic heterocycles. The van der Waals surface area contributed by atoms with Crippen molar-refractivity contribution in [1.82, 2.24) is 10.8 Å². The Morgan fingerprint density at radius 1 is 1.21 bits per heavy atom. The van der Waals surface area contributed by atoms with Crippen molar-refractivity contribution in [2.75, 3.05) is 31.2 Å². The maximum atomic E-state index is 12.2. The minimum Gasteiger partial charge on any atom is -0.391 e. The average molecular weight is 339 g/mol. The van der Waals surface area contributed by atoms with E-state index >= 15 is 0 Å². The summed E-state index contributed by atoms with van der Waals surface area (Å²) in [6.45, 7) is 4.30. The van der Waals surface area contributed by atoms with Crippen LogP contribution in [0.3, 0.4) is 0 Å². The average Bonchev–Trinajstić information content (AvgIpc) is 2.59. The topological polar surface area (TPSA) is 111 Å². The van der Waals surface area contributed by atoms with Crippen LogP contribution in [0, 0.1) is 0 Å². The molecule has 24 heavy (non-hydrogen) atoms. The van der Waals surface area contributed by atoms with Crippen LogP contribution in [0.25, 0.3) is 0 Å². The van der Waals surface area contributed by atoms with Gasteiger partial charge in [-0.1, -0.05) is 7.43 Å². The van der Waals surface area contributed by atoms with Gasteiger partial charge in [0, 0.05) is 24.3 Å². The third-order valence-corrected chi connectivity index (χ3v) is 3.67. The van der Waals surface area contributed by atoms with Crippen molar-refractivity contribution in [3.05, 3.63) is 29.8 Å². The number of hydrogen-bond acceptors (Lipinski definition) is 6. The van der Waals surface area contributed by atoms with Crippen molar-refractivity contribution in [3.8, 4) is 0 Å². The molecule has 0 aromatic heterocycles. The zero-order chi connectivity index (χ0) is 16.8. The second kappa shape index (κ2) is 9.21. The molecular weight excluding hydrogens is 314 g/mol. The molecule has 8 heteroatoms. The predicted octanol–water partition coefficient (Wildman–Crippen LogP) is 0.144. The van der Waals surface area contributed by atoms with Crippen LogP contribution in [0.2, 0.25) is 0 Å². The van der Waals surface area contributed by atoms with Crippen molar-refractivity contribution in [1.29, 1.82) is 0 Å². The summed E-state index contributed by atoms with van der Waals surface area (Å²) in [7, 11) is 0. The molecule has 2 amide bonds. The van der Waals surface area contributed by atoms with Gasteiger partial charge in [0.05, 0.1) is 19.3 Å². The Morgan fingerprint density at radius 2 is 1.79 bits per heavy atom. The van der Waals surface area contributed by atoms with Crippen molar-refractivity contribution in [2.24, 2.45) is 0 Å². The van der Waals surface area contributed by atoms with Gasteiger partial charge >= 0.3 is 0 Å². The lowest BCUT2D eigenvalue weighted by Gasteiger charge is -2.29. The van der Waals surface area contributed by atoms with Crippen LogP contribution in [0.15, 0.2) is 24.3 Å². The Hall–Kier alpha value is -2.16. The number of nitrogens with zero attached hydrogens (tertiary/aromatic N) is 1. The molecule has 8 nitrogen and oxygen atoms in total. The fourth-order valence-corrected chi connectivity index (χ4v) is 2.34. The lowest BCUT2D eigenvalue weighted by Crippen LogP contribution is -2.51. The molecule has 1 aliphatic rings. The number of aliphatic hydroxyl groups excluding tert-OH is 1. The van der Waals surface area contributed by atoms with E-state index in [0.29, 0.717) is 18.8 Å². The molecule has 0 saturated carbocycles. The van der Waals surface area contributed by atoms with E-state index in [1.807, 2.05) is 12.1 Å². The molecule has 0 bridgehead atoms. The highest BCUT2D eigenvalue weighted by Crippen LogP contribution is 2.16. The van der Waals surface area contributed by atoms with Crippen molar-refractivity contribution >= 4 is 17.5 Å². The highest BCUT2D eigenvalue weighted by Gasteiger charge is 2.25. The number of hydroxylamine groups is 1. The molecule has 1 aromatic rings. The summed E-state index contributed by atoms with van der Waals surface area (Å²) in [5.74, 6) is -1.38. The van der Waals surface area contributed by atoms with Gasteiger partial charge in [-0.15, -0.1) is 0 Å². The third-order valence-electron chi connectivity index (χ3n) is 3.67. The lowest BCUT2D eigenvalue weighted by molar-refractivity contribution is -0.133. The minimum atomic E-state index is -1.23. The second-order valence-electron chi connectivity index (χ2n) is 5.31. The Morgan fingerprint density at radius 3 is 2.29 bits per heavy atom. The SMILES string of the molecule is C.C[C@@H](O)[C@H](NC(=O)c1ccc(N2CCOCC2)cc1)C(=O)NO. The molecule has 1 fully saturated rings. The molecule has 0 spiro atoms. The number of carbonyl (C=O) groups excluding carboxylic acids is 2. The summed E-state index contributed by atoms with van der Waals surface area (Å²) in [6, 6.07) is 5.71. The van der Waals surface area contributed by atoms with Gasteiger partial charge in [0.25, 0.3) is 11.8 Å². The summed E-state index contributed by atoms with van der Waals surface area (Å²) >= 11 is 0. The standard InChI is InChI=1S/C15H21N3O5.CH4/c1-10(19)13(15(21)17-22)16-14(20)11-2-4-12(5-3-11)18-6-8-23-9-7-18;/h2-5,10,13,19,22H,6-9H2,1H3,(H,16,20)(H,17,21);1H4/t10-,13+;/m1./s1. The minimum absolute atomic E-state index is 0. The zero-order valence-electron chi connectivity index (χ0n) is 12.9. The number of rotatable bonds is 5. The summed E-state index contributed by atoms with van der Waals surface area (Å²) in [5, 5.41) is 20.5. The number of carbonyl (C=O) groups is 2. The Bertz CT molecular complexity index is 541. The zero-order valence-corrected chi connectivity index (χ0v) is 12.9. The maximum absolute atomic E-state index is 12.2. The van der Waals surface area contributed by atoms with Crippen molar-refractivity contribution < 1.29 is 24.6 Å². The van der Waals surface area contributed by atoms with Gasteiger partial charge < -0.3 is 20.1 Å². The van der Waals surface area contributed by atoms with E-state index in [1.54, 1.807) is 12.1 Å². The number of benzene rings is 1. The summed E-state index contributed by atoms with van der Waals surface area (Å²) in [6.07, 6.45) is -1.14. The van der Waals surface area contributed by atoms with Crippen LogP contribution in [0.4, 0.5) is 5.69 Å². The lowest BCUT2D eigenvalue weighted by atomic mass is 10.1. The van der Waals surface area contributed by atoms with E-state index in [1.165, 1.54) is 12.4 Å². The van der Waals surface area contributed by atoms with Crippen LogP contribution >= 0.6 is 0 Å². The van der Waals surface area contributed by atoms with Crippen LogP contribution in [0.5, 0.6) is 0 Å². The predicted molar refractivity (Wildman–Crippen MR) is 89.1 cm³/mol. The summed E-state index contributed by atoms with van der Waals surface area (Å²) in [4.78, 5) is 25.7. The number of aliphatic hydroxyl groups is 1. The van der Waals surface area contributed by atoms with Crippen LogP contribution < -0.4 is 15.7 Å². The molecule has 0 radical (unpaired) electrons. The molecule has 0 aliphatic carbocycles. The number of anilines is 1. The van der Waals surface area contributed by atoms with Gasteiger partial charge in [0.2, 0.25) is 0 Å². The summed E-state index contributed by atoms with van der Waals surface area (Å²) in [5.41, 5.74) is 2.77. The van der Waals surface area contributed by atoms with E-state index in [-0.39, 0.29) is 7.43 Å². The molecule has 2 rings (SSSR count). The Labute approximate surface area is 141 Å². The molecule has 0 unspecified atom stereocenters. The smallest absolute Gasteiger partial charge is 0.268 e. The van der Waals surface area contributed by atoms with Gasteiger partial charge in [-0.25, -0.2) is 5.48 Å². The van der Waals surface area contributed by atoms with Crippen molar-refractivity contribution in [2.45, 2.75) is 26.5 Å². The van der Waals surface area contributed by atoms with Gasteiger partial charge in [0.1, 0.15) is 6.04 Å². The first-order valence-electron chi connectivity index (χ1n) is 7.38. The molecular formula is C16H25N3O5. The fraction of sp³-hybridized carbons (Fsp3) is 0.500. The van der Waals surface area contributed by atoms with Gasteiger partial charge in [-0.2, -0.15) is 0 Å². The molecule has 134 valence electrons. The third kappa shape index (κ3) is 4.92. The highest BCUT2D eigenvalue weighted by atomic mass is 16.5. The van der Waals surface area contributed by atoms with E-state index < -0.39 is 24.0 Å². The monoisotopic (exact) mass is 339 g/mol. The van der Waals surface area contributed by atoms with E-state index in [0.717, 1.165) is 18.8 Å². The maximum Gasteiger partial charge on any atom is 0.268 e. The molecule has 4 N–H and O–H groups in total. The van der Waals surface area contributed by atoms with E-state index in [4.69, 9.17) is 9.94 Å². The van der Waals surface area contributed by atoms with Crippen molar-refractivity contribution in [3.63, 3.8) is 0 Å². The molecule has 2 atom stereocenters. The Balaban J connectivity index is 0.00000288. The normalized spacial score (nSPS) is 16.5. The van der Waals surface area contributed by atoms with Crippen LogP contribution in [-0.2, 0) is 9.53 Å². The first-order valence-corrected chi connectivity index (χ1v) is 7.38. The van der Waals surface area contributed by atoms with Gasteiger partial charge in [-0.05, 0) is 31.2 Å². The second-order valence-corrected chi connectivity index (χ2v) is 5.31. The number of hydrogen-bond donors (Lipinski definition) is 4.